The smallest absolute Gasteiger partial charge is 0.308 e. The second-order valence-electron chi connectivity index (χ2n) is 8.43. The van der Waals surface area contributed by atoms with E-state index in [1.54, 1.807) is 7.11 Å². The molecule has 0 amide bonds. The van der Waals surface area contributed by atoms with Crippen LogP contribution >= 0.6 is 0 Å². The molecule has 0 saturated heterocycles. The van der Waals surface area contributed by atoms with E-state index in [1.807, 2.05) is 24.3 Å². The predicted molar refractivity (Wildman–Crippen MR) is 117 cm³/mol. The second-order valence-corrected chi connectivity index (χ2v) is 8.43. The zero-order valence-corrected chi connectivity index (χ0v) is 18.0. The Kier molecular flexibility index (Phi) is 5.71. The summed E-state index contributed by atoms with van der Waals surface area (Å²) in [5.74, 6) is 2.81. The van der Waals surface area contributed by atoms with Crippen LogP contribution < -0.4 is 19.5 Å². The highest BCUT2D eigenvalue weighted by molar-refractivity contribution is 5.70. The number of allylic oxidation sites excluding steroid dienone is 2. The lowest BCUT2D eigenvalue weighted by molar-refractivity contribution is -0.132. The second kappa shape index (κ2) is 8.42. The van der Waals surface area contributed by atoms with E-state index in [9.17, 15) is 4.79 Å². The Morgan fingerprint density at radius 3 is 2.73 bits per heavy atom. The van der Waals surface area contributed by atoms with Crippen LogP contribution in [0.3, 0.4) is 0 Å². The molecule has 1 heterocycles. The van der Waals surface area contributed by atoms with Crippen molar-refractivity contribution in [1.82, 2.24) is 0 Å². The van der Waals surface area contributed by atoms with Gasteiger partial charge in [-0.25, -0.2) is 0 Å². The van der Waals surface area contributed by atoms with E-state index in [1.165, 1.54) is 12.5 Å². The van der Waals surface area contributed by atoms with Crippen molar-refractivity contribution in [3.63, 3.8) is 0 Å². The first-order valence-corrected chi connectivity index (χ1v) is 10.5. The van der Waals surface area contributed by atoms with Gasteiger partial charge in [-0.2, -0.15) is 0 Å². The standard InChI is InChI=1S/C25H29NO4/c1-15(2)14-29-18-9-10-22-21(13-18)19-6-5-7-20(19)25(26-22)17-8-11-23(30-16(3)27)24(12-17)28-4/h5-6,8-13,15,19-20,25-26H,7,14H2,1-4H3. The van der Waals surface area contributed by atoms with Crippen molar-refractivity contribution >= 4 is 11.7 Å². The van der Waals surface area contributed by atoms with Crippen LogP contribution in [-0.4, -0.2) is 19.7 Å². The third-order valence-electron chi connectivity index (χ3n) is 5.72. The summed E-state index contributed by atoms with van der Waals surface area (Å²) in [5, 5.41) is 3.73. The summed E-state index contributed by atoms with van der Waals surface area (Å²) >= 11 is 0. The Morgan fingerprint density at radius 1 is 1.17 bits per heavy atom. The van der Waals surface area contributed by atoms with Crippen LogP contribution in [0, 0.1) is 11.8 Å². The van der Waals surface area contributed by atoms with Gasteiger partial charge in [0.1, 0.15) is 5.75 Å². The summed E-state index contributed by atoms with van der Waals surface area (Å²) in [6.45, 7) is 6.41. The molecular formula is C25H29NO4. The molecule has 3 unspecified atom stereocenters. The number of benzene rings is 2. The van der Waals surface area contributed by atoms with Crippen molar-refractivity contribution in [1.29, 1.82) is 0 Å². The number of carbonyl (C=O) groups excluding carboxylic acids is 1. The summed E-state index contributed by atoms with van der Waals surface area (Å²) in [5.41, 5.74) is 3.54. The molecule has 0 aromatic heterocycles. The van der Waals surface area contributed by atoms with Gasteiger partial charge in [0.05, 0.1) is 19.8 Å². The average Bonchev–Trinajstić information content (AvgIpc) is 3.22. The van der Waals surface area contributed by atoms with Crippen molar-refractivity contribution in [2.75, 3.05) is 19.0 Å². The number of nitrogens with one attached hydrogen (secondary N) is 1. The van der Waals surface area contributed by atoms with Crippen LogP contribution in [0.25, 0.3) is 0 Å². The molecule has 3 atom stereocenters. The molecule has 30 heavy (non-hydrogen) atoms. The molecule has 1 aliphatic heterocycles. The fourth-order valence-electron chi connectivity index (χ4n) is 4.37. The number of rotatable bonds is 6. The van der Waals surface area contributed by atoms with Crippen LogP contribution in [0.1, 0.15) is 50.3 Å². The number of methoxy groups -OCH3 is 1. The molecule has 0 saturated carbocycles. The molecule has 4 rings (SSSR count). The molecule has 1 N–H and O–H groups in total. The molecule has 5 heteroatoms. The van der Waals surface area contributed by atoms with Crippen molar-refractivity contribution in [3.8, 4) is 17.2 Å². The zero-order chi connectivity index (χ0) is 21.3. The third kappa shape index (κ3) is 4.02. The minimum atomic E-state index is -0.360. The number of carbonyl (C=O) groups is 1. The van der Waals surface area contributed by atoms with Crippen molar-refractivity contribution in [3.05, 3.63) is 59.7 Å². The summed E-state index contributed by atoms with van der Waals surface area (Å²) in [6.07, 6.45) is 5.59. The lowest BCUT2D eigenvalue weighted by atomic mass is 9.77. The van der Waals surface area contributed by atoms with E-state index < -0.39 is 0 Å². The maximum atomic E-state index is 11.4. The highest BCUT2D eigenvalue weighted by atomic mass is 16.6. The molecule has 1 aliphatic carbocycles. The molecule has 158 valence electrons. The molecule has 0 fully saturated rings. The van der Waals surface area contributed by atoms with Crippen LogP contribution in [0.2, 0.25) is 0 Å². The Hall–Kier alpha value is -2.95. The van der Waals surface area contributed by atoms with Crippen LogP contribution in [-0.2, 0) is 4.79 Å². The third-order valence-corrected chi connectivity index (χ3v) is 5.72. The van der Waals surface area contributed by atoms with Gasteiger partial charge in [-0.1, -0.05) is 32.1 Å². The Bertz CT molecular complexity index is 966. The minimum absolute atomic E-state index is 0.139. The van der Waals surface area contributed by atoms with Gasteiger partial charge in [0.25, 0.3) is 0 Å². The molecule has 0 radical (unpaired) electrons. The first-order chi connectivity index (χ1) is 14.5. The molecule has 2 aromatic rings. The van der Waals surface area contributed by atoms with E-state index in [4.69, 9.17) is 14.2 Å². The summed E-state index contributed by atoms with van der Waals surface area (Å²) in [4.78, 5) is 11.4. The fourth-order valence-corrected chi connectivity index (χ4v) is 4.37. The Morgan fingerprint density at radius 2 is 2.00 bits per heavy atom. The van der Waals surface area contributed by atoms with Crippen LogP contribution in [0.15, 0.2) is 48.6 Å². The van der Waals surface area contributed by atoms with Crippen molar-refractivity contribution in [2.24, 2.45) is 11.8 Å². The molecule has 0 bridgehead atoms. The highest BCUT2D eigenvalue weighted by Gasteiger charge is 2.38. The zero-order valence-electron chi connectivity index (χ0n) is 18.0. The summed E-state index contributed by atoms with van der Waals surface area (Å²) in [6, 6.07) is 12.3. The van der Waals surface area contributed by atoms with E-state index in [2.05, 4.69) is 43.4 Å². The highest BCUT2D eigenvalue weighted by Crippen LogP contribution is 2.51. The van der Waals surface area contributed by atoms with Crippen LogP contribution in [0.4, 0.5) is 5.69 Å². The van der Waals surface area contributed by atoms with Crippen molar-refractivity contribution in [2.45, 2.75) is 39.2 Å². The normalized spacial score (nSPS) is 21.6. The molecule has 5 nitrogen and oxygen atoms in total. The van der Waals surface area contributed by atoms with Gasteiger partial charge in [-0.3, -0.25) is 4.79 Å². The van der Waals surface area contributed by atoms with Gasteiger partial charge in [-0.05, 0) is 59.7 Å². The molecule has 2 aromatic carbocycles. The number of esters is 1. The van der Waals surface area contributed by atoms with Gasteiger partial charge in [0.2, 0.25) is 0 Å². The fraction of sp³-hybridized carbons (Fsp3) is 0.400. The number of ether oxygens (including phenoxy) is 3. The minimum Gasteiger partial charge on any atom is -0.493 e. The number of anilines is 1. The average molecular weight is 408 g/mol. The number of fused-ring (bicyclic) bond motifs is 3. The topological polar surface area (TPSA) is 56.8 Å². The van der Waals surface area contributed by atoms with E-state index in [0.717, 1.165) is 23.4 Å². The Labute approximate surface area is 178 Å². The Balaban J connectivity index is 1.64. The van der Waals surface area contributed by atoms with Crippen LogP contribution in [0.5, 0.6) is 17.2 Å². The van der Waals surface area contributed by atoms with E-state index in [-0.39, 0.29) is 12.0 Å². The predicted octanol–water partition coefficient (Wildman–Crippen LogP) is 5.48. The van der Waals surface area contributed by atoms with Crippen molar-refractivity contribution < 1.29 is 19.0 Å². The van der Waals surface area contributed by atoms with Gasteiger partial charge >= 0.3 is 5.97 Å². The molecular weight excluding hydrogens is 378 g/mol. The SMILES string of the molecule is COc1cc(C2Nc3ccc(OCC(C)C)cc3C3C=CCC32)ccc1OC(C)=O. The first-order valence-electron chi connectivity index (χ1n) is 10.5. The lowest BCUT2D eigenvalue weighted by Gasteiger charge is -2.38. The maximum Gasteiger partial charge on any atom is 0.308 e. The van der Waals surface area contributed by atoms with Gasteiger partial charge < -0.3 is 19.5 Å². The largest absolute Gasteiger partial charge is 0.493 e. The molecule has 2 aliphatic rings. The summed E-state index contributed by atoms with van der Waals surface area (Å²) < 4.78 is 16.7. The quantitative estimate of drug-likeness (QED) is 0.390. The maximum absolute atomic E-state index is 11.4. The van der Waals surface area contributed by atoms with E-state index >= 15 is 0 Å². The van der Waals surface area contributed by atoms with Gasteiger partial charge in [-0.15, -0.1) is 0 Å². The van der Waals surface area contributed by atoms with Gasteiger partial charge in [0.15, 0.2) is 11.5 Å². The number of hydrogen-bond donors (Lipinski definition) is 1. The lowest BCUT2D eigenvalue weighted by Crippen LogP contribution is -2.29. The summed E-state index contributed by atoms with van der Waals surface area (Å²) in [7, 11) is 1.59. The number of hydrogen-bond acceptors (Lipinski definition) is 5. The first kappa shape index (κ1) is 20.3. The molecule has 0 spiro atoms. The van der Waals surface area contributed by atoms with E-state index in [0.29, 0.717) is 35.9 Å². The van der Waals surface area contributed by atoms with Gasteiger partial charge in [0, 0.05) is 18.5 Å². The monoisotopic (exact) mass is 407 g/mol.